The van der Waals surface area contributed by atoms with Crippen molar-refractivity contribution >= 4 is 0 Å². The average Bonchev–Trinajstić information content (AvgIpc) is 2.17. The standard InChI is InChI=1S/C13H23N3/c1-4-5-12-8-13(16-9-15-12)7-11(14)6-10(2)3/h8-11H,4-7,14H2,1-3H3. The Morgan fingerprint density at radius 3 is 2.56 bits per heavy atom. The van der Waals surface area contributed by atoms with E-state index in [2.05, 4.69) is 36.8 Å². The van der Waals surface area contributed by atoms with E-state index in [9.17, 15) is 0 Å². The van der Waals surface area contributed by atoms with Crippen LogP contribution in [0.4, 0.5) is 0 Å². The molecule has 1 aromatic heterocycles. The highest BCUT2D eigenvalue weighted by molar-refractivity contribution is 5.09. The molecule has 0 aliphatic rings. The van der Waals surface area contributed by atoms with E-state index in [1.54, 1.807) is 6.33 Å². The molecule has 0 saturated carbocycles. The fourth-order valence-electron chi connectivity index (χ4n) is 1.91. The van der Waals surface area contributed by atoms with Crippen LogP contribution in [0.5, 0.6) is 0 Å². The SMILES string of the molecule is CCCc1cc(CC(N)CC(C)C)ncn1. The van der Waals surface area contributed by atoms with Crippen molar-refractivity contribution in [1.82, 2.24) is 9.97 Å². The molecule has 2 N–H and O–H groups in total. The van der Waals surface area contributed by atoms with Crippen molar-refractivity contribution in [2.75, 3.05) is 0 Å². The van der Waals surface area contributed by atoms with Gasteiger partial charge in [-0.15, -0.1) is 0 Å². The average molecular weight is 221 g/mol. The molecule has 3 nitrogen and oxygen atoms in total. The molecule has 90 valence electrons. The minimum atomic E-state index is 0.212. The Hall–Kier alpha value is -0.960. The van der Waals surface area contributed by atoms with Gasteiger partial charge in [-0.1, -0.05) is 27.2 Å². The van der Waals surface area contributed by atoms with Crippen LogP contribution in [0.15, 0.2) is 12.4 Å². The van der Waals surface area contributed by atoms with Gasteiger partial charge < -0.3 is 5.73 Å². The summed E-state index contributed by atoms with van der Waals surface area (Å²) >= 11 is 0. The zero-order chi connectivity index (χ0) is 12.0. The number of nitrogens with zero attached hydrogens (tertiary/aromatic N) is 2. The largest absolute Gasteiger partial charge is 0.327 e. The fraction of sp³-hybridized carbons (Fsp3) is 0.692. The molecule has 0 aliphatic heterocycles. The van der Waals surface area contributed by atoms with Crippen LogP contribution < -0.4 is 5.73 Å². The van der Waals surface area contributed by atoms with Crippen molar-refractivity contribution < 1.29 is 0 Å². The van der Waals surface area contributed by atoms with Gasteiger partial charge in [0, 0.05) is 23.9 Å². The van der Waals surface area contributed by atoms with E-state index in [1.807, 2.05) is 0 Å². The lowest BCUT2D eigenvalue weighted by Crippen LogP contribution is -2.25. The maximum absolute atomic E-state index is 6.07. The first-order valence-electron chi connectivity index (χ1n) is 6.17. The minimum absolute atomic E-state index is 0.212. The van der Waals surface area contributed by atoms with Crippen LogP contribution in [0.1, 0.15) is 45.0 Å². The molecule has 1 rings (SSSR count). The number of aryl methyl sites for hydroxylation is 1. The molecule has 1 atom stereocenters. The van der Waals surface area contributed by atoms with Crippen LogP contribution in [0.25, 0.3) is 0 Å². The third kappa shape index (κ3) is 4.71. The molecule has 0 radical (unpaired) electrons. The summed E-state index contributed by atoms with van der Waals surface area (Å²) in [5, 5.41) is 0. The Morgan fingerprint density at radius 2 is 1.94 bits per heavy atom. The minimum Gasteiger partial charge on any atom is -0.327 e. The van der Waals surface area contributed by atoms with Crippen LogP contribution in [0, 0.1) is 5.92 Å². The summed E-state index contributed by atoms with van der Waals surface area (Å²) in [4.78, 5) is 8.52. The van der Waals surface area contributed by atoms with Gasteiger partial charge >= 0.3 is 0 Å². The summed E-state index contributed by atoms with van der Waals surface area (Å²) in [5.41, 5.74) is 8.27. The molecule has 0 aromatic carbocycles. The van der Waals surface area contributed by atoms with Gasteiger partial charge in [-0.05, 0) is 24.8 Å². The molecule has 1 unspecified atom stereocenters. The van der Waals surface area contributed by atoms with Gasteiger partial charge in [0.25, 0.3) is 0 Å². The normalized spacial score (nSPS) is 13.1. The molecular formula is C13H23N3. The highest BCUT2D eigenvalue weighted by Gasteiger charge is 2.08. The third-order valence-electron chi connectivity index (χ3n) is 2.53. The second-order valence-electron chi connectivity index (χ2n) is 4.84. The quantitative estimate of drug-likeness (QED) is 0.802. The van der Waals surface area contributed by atoms with E-state index in [1.165, 1.54) is 0 Å². The van der Waals surface area contributed by atoms with Crippen LogP contribution in [0.3, 0.4) is 0 Å². The number of rotatable bonds is 6. The van der Waals surface area contributed by atoms with E-state index in [-0.39, 0.29) is 6.04 Å². The Kier molecular flexibility index (Phi) is 5.39. The van der Waals surface area contributed by atoms with E-state index in [0.717, 1.165) is 37.1 Å². The predicted octanol–water partition coefficient (Wildman–Crippen LogP) is 2.35. The zero-order valence-electron chi connectivity index (χ0n) is 10.6. The Balaban J connectivity index is 2.55. The first-order valence-corrected chi connectivity index (χ1v) is 6.17. The second kappa shape index (κ2) is 6.59. The van der Waals surface area contributed by atoms with Gasteiger partial charge in [0.1, 0.15) is 6.33 Å². The molecule has 0 fully saturated rings. The topological polar surface area (TPSA) is 51.8 Å². The monoisotopic (exact) mass is 221 g/mol. The molecule has 16 heavy (non-hydrogen) atoms. The second-order valence-corrected chi connectivity index (χ2v) is 4.84. The van der Waals surface area contributed by atoms with Crippen molar-refractivity contribution in [1.29, 1.82) is 0 Å². The Labute approximate surface area is 98.5 Å². The summed E-state index contributed by atoms with van der Waals surface area (Å²) < 4.78 is 0. The molecule has 1 heterocycles. The Bertz CT molecular complexity index is 310. The molecule has 1 aromatic rings. The van der Waals surface area contributed by atoms with Crippen LogP contribution in [-0.2, 0) is 12.8 Å². The summed E-state index contributed by atoms with van der Waals surface area (Å²) in [5.74, 6) is 0.645. The molecule has 0 spiro atoms. The van der Waals surface area contributed by atoms with Crippen molar-refractivity contribution in [2.24, 2.45) is 11.7 Å². The van der Waals surface area contributed by atoms with Gasteiger partial charge in [-0.3, -0.25) is 0 Å². The summed E-state index contributed by atoms with van der Waals surface area (Å²) in [6, 6.07) is 2.30. The van der Waals surface area contributed by atoms with Crippen LogP contribution in [-0.4, -0.2) is 16.0 Å². The number of hydrogen-bond donors (Lipinski definition) is 1. The predicted molar refractivity (Wildman–Crippen MR) is 67.2 cm³/mol. The summed E-state index contributed by atoms with van der Waals surface area (Å²) in [6.45, 7) is 6.55. The molecule has 3 heteroatoms. The zero-order valence-corrected chi connectivity index (χ0v) is 10.6. The lowest BCUT2D eigenvalue weighted by Gasteiger charge is -2.13. The van der Waals surface area contributed by atoms with Crippen LogP contribution >= 0.6 is 0 Å². The van der Waals surface area contributed by atoms with Gasteiger partial charge in [0.15, 0.2) is 0 Å². The smallest absolute Gasteiger partial charge is 0.115 e. The fourth-order valence-corrected chi connectivity index (χ4v) is 1.91. The molecule has 0 saturated heterocycles. The van der Waals surface area contributed by atoms with Gasteiger partial charge in [-0.2, -0.15) is 0 Å². The van der Waals surface area contributed by atoms with Crippen molar-refractivity contribution in [2.45, 2.75) is 52.5 Å². The number of hydrogen-bond acceptors (Lipinski definition) is 3. The summed E-state index contributed by atoms with van der Waals surface area (Å²) in [6.07, 6.45) is 5.70. The molecule has 0 amide bonds. The summed E-state index contributed by atoms with van der Waals surface area (Å²) in [7, 11) is 0. The molecular weight excluding hydrogens is 198 g/mol. The highest BCUT2D eigenvalue weighted by Crippen LogP contribution is 2.08. The first kappa shape index (κ1) is 13.1. The van der Waals surface area contributed by atoms with E-state index >= 15 is 0 Å². The van der Waals surface area contributed by atoms with E-state index < -0.39 is 0 Å². The maximum atomic E-state index is 6.07. The van der Waals surface area contributed by atoms with Gasteiger partial charge in [0.05, 0.1) is 0 Å². The van der Waals surface area contributed by atoms with Gasteiger partial charge in [0.2, 0.25) is 0 Å². The number of aromatic nitrogens is 2. The van der Waals surface area contributed by atoms with Crippen molar-refractivity contribution in [3.05, 3.63) is 23.8 Å². The lowest BCUT2D eigenvalue weighted by molar-refractivity contribution is 0.490. The van der Waals surface area contributed by atoms with E-state index in [0.29, 0.717) is 5.92 Å². The van der Waals surface area contributed by atoms with Gasteiger partial charge in [-0.25, -0.2) is 9.97 Å². The molecule has 0 aliphatic carbocycles. The van der Waals surface area contributed by atoms with Crippen LogP contribution in [0.2, 0.25) is 0 Å². The highest BCUT2D eigenvalue weighted by atomic mass is 14.8. The lowest BCUT2D eigenvalue weighted by atomic mass is 10.0. The first-order chi connectivity index (χ1) is 7.61. The van der Waals surface area contributed by atoms with Crippen molar-refractivity contribution in [3.8, 4) is 0 Å². The van der Waals surface area contributed by atoms with Crippen molar-refractivity contribution in [3.63, 3.8) is 0 Å². The number of nitrogens with two attached hydrogens (primary N) is 1. The van der Waals surface area contributed by atoms with E-state index in [4.69, 9.17) is 5.73 Å². The third-order valence-corrected chi connectivity index (χ3v) is 2.53. The Morgan fingerprint density at radius 1 is 1.25 bits per heavy atom. The molecule has 0 bridgehead atoms. The maximum Gasteiger partial charge on any atom is 0.115 e.